The molecule has 0 bridgehead atoms. The number of fused-ring (bicyclic) bond motifs is 2. The molecule has 2 heteroatoms. The third-order valence-electron chi connectivity index (χ3n) is 5.60. The molecule has 2 saturated carbocycles. The molecule has 1 spiro atoms. The molecule has 1 N–H and O–H groups in total. The van der Waals surface area contributed by atoms with Crippen LogP contribution in [-0.4, -0.2) is 12.5 Å². The van der Waals surface area contributed by atoms with E-state index in [-0.39, 0.29) is 0 Å². The van der Waals surface area contributed by atoms with E-state index in [1.807, 2.05) is 0 Å². The maximum atomic E-state index is 11.9. The molecule has 2 nitrogen and oxygen atoms in total. The number of rotatable bonds is 3. The highest BCUT2D eigenvalue weighted by atomic mass is 16.2. The van der Waals surface area contributed by atoms with Gasteiger partial charge in [-0.2, -0.15) is 0 Å². The van der Waals surface area contributed by atoms with Gasteiger partial charge in [0.15, 0.2) is 0 Å². The average molecular weight is 255 g/mol. The second-order valence-electron chi connectivity index (χ2n) is 6.78. The van der Waals surface area contributed by atoms with Gasteiger partial charge in [0.2, 0.25) is 5.91 Å². The SMILES string of the molecule is C[C@@H]1C[C@@H]1C(=O)NC[C@H]1C[C@]12CCc1ccccc12. The fourth-order valence-electron chi connectivity index (χ4n) is 4.04. The second-order valence-corrected chi connectivity index (χ2v) is 6.78. The summed E-state index contributed by atoms with van der Waals surface area (Å²) in [7, 11) is 0. The molecule has 4 atom stereocenters. The highest BCUT2D eigenvalue weighted by Gasteiger charge is 2.57. The molecule has 0 aromatic heterocycles. The van der Waals surface area contributed by atoms with Gasteiger partial charge in [0.1, 0.15) is 0 Å². The standard InChI is InChI=1S/C17H21NO/c1-11-8-14(11)16(19)18-10-13-9-17(13)7-6-12-4-2-3-5-15(12)17/h2-5,11,13-14H,6-10H2,1H3,(H,18,19)/t11-,13-,14+,17-/m1/s1. The highest BCUT2D eigenvalue weighted by Crippen LogP contribution is 2.61. The first kappa shape index (κ1) is 11.5. The van der Waals surface area contributed by atoms with Crippen LogP contribution in [0, 0.1) is 17.8 Å². The summed E-state index contributed by atoms with van der Waals surface area (Å²) in [5.41, 5.74) is 3.51. The minimum Gasteiger partial charge on any atom is -0.356 e. The van der Waals surface area contributed by atoms with Crippen molar-refractivity contribution in [3.05, 3.63) is 35.4 Å². The summed E-state index contributed by atoms with van der Waals surface area (Å²) in [6.45, 7) is 3.05. The number of aryl methyl sites for hydroxylation is 1. The fraction of sp³-hybridized carbons (Fsp3) is 0.588. The third kappa shape index (κ3) is 1.73. The first-order valence-corrected chi connectivity index (χ1v) is 7.57. The Morgan fingerprint density at radius 3 is 3.00 bits per heavy atom. The molecule has 1 aromatic carbocycles. The average Bonchev–Trinajstić information content (AvgIpc) is 3.27. The van der Waals surface area contributed by atoms with Gasteiger partial charge in [0.25, 0.3) is 0 Å². The molecule has 0 aliphatic heterocycles. The molecule has 1 amide bonds. The molecule has 3 aliphatic rings. The largest absolute Gasteiger partial charge is 0.356 e. The molecule has 0 unspecified atom stereocenters. The van der Waals surface area contributed by atoms with E-state index >= 15 is 0 Å². The number of benzene rings is 1. The number of amides is 1. The molecule has 3 aliphatic carbocycles. The zero-order chi connectivity index (χ0) is 13.0. The van der Waals surface area contributed by atoms with Crippen molar-refractivity contribution in [3.63, 3.8) is 0 Å². The first-order valence-electron chi connectivity index (χ1n) is 7.57. The lowest BCUT2D eigenvalue weighted by Crippen LogP contribution is -2.29. The second kappa shape index (κ2) is 3.84. The molecule has 0 radical (unpaired) electrons. The Labute approximate surface area is 114 Å². The lowest BCUT2D eigenvalue weighted by Gasteiger charge is -2.12. The van der Waals surface area contributed by atoms with Crippen LogP contribution in [0.1, 0.15) is 37.3 Å². The molecule has 0 saturated heterocycles. The first-order chi connectivity index (χ1) is 9.21. The van der Waals surface area contributed by atoms with Crippen LogP contribution in [-0.2, 0) is 16.6 Å². The van der Waals surface area contributed by atoms with Crippen LogP contribution in [0.5, 0.6) is 0 Å². The van der Waals surface area contributed by atoms with E-state index in [4.69, 9.17) is 0 Å². The van der Waals surface area contributed by atoms with Crippen molar-refractivity contribution in [1.29, 1.82) is 0 Å². The van der Waals surface area contributed by atoms with Gasteiger partial charge in [-0.3, -0.25) is 4.79 Å². The van der Waals surface area contributed by atoms with Crippen LogP contribution in [0.15, 0.2) is 24.3 Å². The Morgan fingerprint density at radius 2 is 2.21 bits per heavy atom. The normalized spacial score (nSPS) is 38.1. The van der Waals surface area contributed by atoms with Crippen LogP contribution < -0.4 is 5.32 Å². The molecule has 1 aromatic rings. The third-order valence-corrected chi connectivity index (χ3v) is 5.60. The lowest BCUT2D eigenvalue weighted by atomic mass is 9.95. The number of carbonyl (C=O) groups excluding carboxylic acids is 1. The van der Waals surface area contributed by atoms with Crippen LogP contribution in [0.3, 0.4) is 0 Å². The smallest absolute Gasteiger partial charge is 0.223 e. The van der Waals surface area contributed by atoms with E-state index in [1.54, 1.807) is 5.56 Å². The lowest BCUT2D eigenvalue weighted by molar-refractivity contribution is -0.122. The van der Waals surface area contributed by atoms with Crippen molar-refractivity contribution in [2.75, 3.05) is 6.54 Å². The summed E-state index contributed by atoms with van der Waals surface area (Å²) in [4.78, 5) is 11.9. The molecular weight excluding hydrogens is 234 g/mol. The predicted octanol–water partition coefficient (Wildman–Crippen LogP) is 2.66. The highest BCUT2D eigenvalue weighted by molar-refractivity contribution is 5.81. The summed E-state index contributed by atoms with van der Waals surface area (Å²) >= 11 is 0. The fourth-order valence-corrected chi connectivity index (χ4v) is 4.04. The van der Waals surface area contributed by atoms with Gasteiger partial charge >= 0.3 is 0 Å². The summed E-state index contributed by atoms with van der Waals surface area (Å²) in [6.07, 6.45) is 4.86. The van der Waals surface area contributed by atoms with Crippen LogP contribution in [0.4, 0.5) is 0 Å². The molecule has 4 rings (SSSR count). The van der Waals surface area contributed by atoms with Crippen molar-refractivity contribution in [2.24, 2.45) is 17.8 Å². The molecule has 2 fully saturated rings. The summed E-state index contributed by atoms with van der Waals surface area (Å²) in [5.74, 6) is 1.89. The van der Waals surface area contributed by atoms with Gasteiger partial charge in [-0.15, -0.1) is 0 Å². The van der Waals surface area contributed by atoms with Gasteiger partial charge in [0, 0.05) is 17.9 Å². The number of nitrogens with one attached hydrogen (secondary N) is 1. The Kier molecular flexibility index (Phi) is 2.33. The Bertz CT molecular complexity index is 538. The molecule has 100 valence electrons. The van der Waals surface area contributed by atoms with Crippen molar-refractivity contribution < 1.29 is 4.79 Å². The summed E-state index contributed by atoms with van der Waals surface area (Å²) < 4.78 is 0. The van der Waals surface area contributed by atoms with E-state index < -0.39 is 0 Å². The molecule has 19 heavy (non-hydrogen) atoms. The van der Waals surface area contributed by atoms with Crippen molar-refractivity contribution in [1.82, 2.24) is 5.32 Å². The van der Waals surface area contributed by atoms with Crippen molar-refractivity contribution in [2.45, 2.75) is 38.0 Å². The number of hydrogen-bond donors (Lipinski definition) is 1. The van der Waals surface area contributed by atoms with E-state index in [0.717, 1.165) is 13.0 Å². The van der Waals surface area contributed by atoms with Gasteiger partial charge < -0.3 is 5.32 Å². The predicted molar refractivity (Wildman–Crippen MR) is 74.8 cm³/mol. The maximum absolute atomic E-state index is 11.9. The van der Waals surface area contributed by atoms with E-state index in [2.05, 4.69) is 36.5 Å². The Balaban J connectivity index is 1.40. The van der Waals surface area contributed by atoms with Crippen LogP contribution in [0.2, 0.25) is 0 Å². The Hall–Kier alpha value is -1.31. The topological polar surface area (TPSA) is 29.1 Å². The monoisotopic (exact) mass is 255 g/mol. The minimum absolute atomic E-state index is 0.292. The van der Waals surface area contributed by atoms with Crippen LogP contribution in [0.25, 0.3) is 0 Å². The van der Waals surface area contributed by atoms with Gasteiger partial charge in [-0.05, 0) is 48.6 Å². The van der Waals surface area contributed by atoms with E-state index in [0.29, 0.717) is 29.1 Å². The summed E-state index contributed by atoms with van der Waals surface area (Å²) in [6, 6.07) is 8.87. The van der Waals surface area contributed by atoms with E-state index in [9.17, 15) is 4.79 Å². The number of carbonyl (C=O) groups is 1. The molecule has 0 heterocycles. The van der Waals surface area contributed by atoms with Crippen molar-refractivity contribution in [3.8, 4) is 0 Å². The zero-order valence-electron chi connectivity index (χ0n) is 11.5. The zero-order valence-corrected chi connectivity index (χ0v) is 11.5. The maximum Gasteiger partial charge on any atom is 0.223 e. The number of hydrogen-bond acceptors (Lipinski definition) is 1. The quantitative estimate of drug-likeness (QED) is 0.884. The van der Waals surface area contributed by atoms with Gasteiger partial charge in [-0.1, -0.05) is 31.2 Å². The Morgan fingerprint density at radius 1 is 1.42 bits per heavy atom. The minimum atomic E-state index is 0.292. The van der Waals surface area contributed by atoms with Crippen LogP contribution >= 0.6 is 0 Å². The van der Waals surface area contributed by atoms with E-state index in [1.165, 1.54) is 24.8 Å². The van der Waals surface area contributed by atoms with Crippen molar-refractivity contribution >= 4 is 5.91 Å². The molecular formula is C17H21NO. The summed E-state index contributed by atoms with van der Waals surface area (Å²) in [5, 5.41) is 3.18. The van der Waals surface area contributed by atoms with Gasteiger partial charge in [0.05, 0.1) is 0 Å². The van der Waals surface area contributed by atoms with Gasteiger partial charge in [-0.25, -0.2) is 0 Å².